The molecule has 0 saturated heterocycles. The number of ether oxygens (including phenoxy) is 1. The lowest BCUT2D eigenvalue weighted by Gasteiger charge is -2.25. The normalized spacial score (nSPS) is 16.3. The maximum atomic E-state index is 12.7. The molecule has 1 aromatic rings. The van der Waals surface area contributed by atoms with Crippen LogP contribution in [0.5, 0.6) is 0 Å². The van der Waals surface area contributed by atoms with E-state index in [1.54, 1.807) is 11.1 Å². The van der Waals surface area contributed by atoms with Gasteiger partial charge in [-0.25, -0.2) is 4.79 Å². The van der Waals surface area contributed by atoms with E-state index in [0.717, 1.165) is 24.1 Å². The summed E-state index contributed by atoms with van der Waals surface area (Å²) in [5.74, 6) is 0.307. The van der Waals surface area contributed by atoms with E-state index in [1.807, 2.05) is 25.2 Å². The van der Waals surface area contributed by atoms with Gasteiger partial charge in [-0.05, 0) is 53.7 Å². The van der Waals surface area contributed by atoms with E-state index in [1.165, 1.54) is 11.1 Å². The summed E-state index contributed by atoms with van der Waals surface area (Å²) in [6.07, 6.45) is 13.3. The van der Waals surface area contributed by atoms with Crippen LogP contribution in [0.4, 0.5) is 10.5 Å². The maximum Gasteiger partial charge on any atom is 0.418 e. The summed E-state index contributed by atoms with van der Waals surface area (Å²) in [4.78, 5) is 14.3. The van der Waals surface area contributed by atoms with Crippen LogP contribution in [-0.2, 0) is 11.2 Å². The quantitative estimate of drug-likeness (QED) is 0.770. The first-order chi connectivity index (χ1) is 11.1. The largest absolute Gasteiger partial charge is 0.445 e. The maximum absolute atomic E-state index is 12.7. The molecule has 120 valence electrons. The number of carbonyl (C=O) groups excluding carboxylic acids is 1. The average molecular weight is 309 g/mol. The van der Waals surface area contributed by atoms with Crippen molar-refractivity contribution >= 4 is 23.9 Å². The number of hydrogen-bond acceptors (Lipinski definition) is 2. The van der Waals surface area contributed by atoms with E-state index in [4.69, 9.17) is 4.74 Å². The summed E-state index contributed by atoms with van der Waals surface area (Å²) in [6, 6.07) is 4.24. The van der Waals surface area contributed by atoms with Crippen LogP contribution in [0.25, 0.3) is 12.2 Å². The van der Waals surface area contributed by atoms with Crippen LogP contribution in [-0.4, -0.2) is 12.2 Å². The minimum Gasteiger partial charge on any atom is -0.445 e. The highest BCUT2D eigenvalue weighted by molar-refractivity contribution is 5.94. The Labute approximate surface area is 137 Å². The fraction of sp³-hybridized carbons (Fsp3) is 0.350. The third-order valence-electron chi connectivity index (χ3n) is 4.40. The fourth-order valence-corrected chi connectivity index (χ4v) is 3.06. The molecule has 0 radical (unpaired) electrons. The molecular weight excluding hydrogens is 286 g/mol. The molecule has 3 rings (SSSR count). The molecule has 0 aromatic heterocycles. The smallest absolute Gasteiger partial charge is 0.418 e. The molecule has 23 heavy (non-hydrogen) atoms. The highest BCUT2D eigenvalue weighted by Gasteiger charge is 2.24. The molecular formula is C20H23NO2. The second-order valence-corrected chi connectivity index (χ2v) is 6.36. The van der Waals surface area contributed by atoms with E-state index in [0.29, 0.717) is 5.92 Å². The Morgan fingerprint density at radius 3 is 2.78 bits per heavy atom. The number of anilines is 1. The molecule has 3 heteroatoms. The SMILES string of the molecule is CCC(OC(=O)N1C=CC=Cc2cc3c(cc21)CC=C3)C(C)C. The number of rotatable bonds is 3. The van der Waals surface area contributed by atoms with Crippen LogP contribution in [0.15, 0.2) is 36.6 Å². The minimum atomic E-state index is -0.308. The molecule has 1 aromatic carbocycles. The summed E-state index contributed by atoms with van der Waals surface area (Å²) >= 11 is 0. The number of allylic oxidation sites excluding steroid dienone is 3. The summed E-state index contributed by atoms with van der Waals surface area (Å²) in [5.41, 5.74) is 4.41. The molecule has 1 unspecified atom stereocenters. The fourth-order valence-electron chi connectivity index (χ4n) is 3.06. The predicted octanol–water partition coefficient (Wildman–Crippen LogP) is 5.17. The van der Waals surface area contributed by atoms with Crippen molar-refractivity contribution in [2.45, 2.75) is 39.7 Å². The highest BCUT2D eigenvalue weighted by atomic mass is 16.6. The van der Waals surface area contributed by atoms with E-state index in [-0.39, 0.29) is 12.2 Å². The first-order valence-electron chi connectivity index (χ1n) is 8.28. The minimum absolute atomic E-state index is 0.0633. The van der Waals surface area contributed by atoms with Gasteiger partial charge >= 0.3 is 6.09 Å². The molecule has 0 N–H and O–H groups in total. The molecule has 2 aliphatic rings. The number of fused-ring (bicyclic) bond motifs is 2. The third-order valence-corrected chi connectivity index (χ3v) is 4.40. The zero-order valence-electron chi connectivity index (χ0n) is 14.0. The lowest BCUT2D eigenvalue weighted by molar-refractivity contribution is 0.0758. The lowest BCUT2D eigenvalue weighted by atomic mass is 10.0. The van der Waals surface area contributed by atoms with Crippen molar-refractivity contribution < 1.29 is 9.53 Å². The highest BCUT2D eigenvalue weighted by Crippen LogP contribution is 2.32. The van der Waals surface area contributed by atoms with Crippen molar-refractivity contribution in [1.82, 2.24) is 0 Å². The number of hydrogen-bond donors (Lipinski definition) is 0. The van der Waals surface area contributed by atoms with Crippen molar-refractivity contribution in [3.63, 3.8) is 0 Å². The molecule has 0 saturated carbocycles. The summed E-state index contributed by atoms with van der Waals surface area (Å²) in [6.45, 7) is 6.20. The van der Waals surface area contributed by atoms with Crippen LogP contribution in [0.1, 0.15) is 43.9 Å². The van der Waals surface area contributed by atoms with Crippen LogP contribution in [0, 0.1) is 5.92 Å². The van der Waals surface area contributed by atoms with Gasteiger partial charge in [-0.2, -0.15) is 0 Å². The Kier molecular flexibility index (Phi) is 4.37. The van der Waals surface area contributed by atoms with Gasteiger partial charge in [0.2, 0.25) is 0 Å². The lowest BCUT2D eigenvalue weighted by Crippen LogP contribution is -2.32. The van der Waals surface area contributed by atoms with Gasteiger partial charge < -0.3 is 4.74 Å². The Bertz CT molecular complexity index is 698. The van der Waals surface area contributed by atoms with Crippen LogP contribution in [0.3, 0.4) is 0 Å². The Morgan fingerprint density at radius 2 is 2.04 bits per heavy atom. The van der Waals surface area contributed by atoms with Crippen LogP contribution >= 0.6 is 0 Å². The molecule has 0 spiro atoms. The van der Waals surface area contributed by atoms with E-state index >= 15 is 0 Å². The topological polar surface area (TPSA) is 29.5 Å². The molecule has 3 nitrogen and oxygen atoms in total. The summed E-state index contributed by atoms with van der Waals surface area (Å²) in [7, 11) is 0. The second-order valence-electron chi connectivity index (χ2n) is 6.36. The van der Waals surface area contributed by atoms with Crippen molar-refractivity contribution in [3.05, 3.63) is 53.3 Å². The van der Waals surface area contributed by atoms with Gasteiger partial charge in [0.15, 0.2) is 0 Å². The molecule has 1 aliphatic heterocycles. The van der Waals surface area contributed by atoms with Crippen LogP contribution < -0.4 is 4.90 Å². The zero-order valence-corrected chi connectivity index (χ0v) is 14.0. The number of nitrogens with zero attached hydrogens (tertiary/aromatic N) is 1. The van der Waals surface area contributed by atoms with E-state index in [9.17, 15) is 4.79 Å². The Balaban J connectivity index is 1.92. The first-order valence-corrected chi connectivity index (χ1v) is 8.28. The third kappa shape index (κ3) is 3.09. The Hall–Kier alpha value is -2.29. The predicted molar refractivity (Wildman–Crippen MR) is 95.2 cm³/mol. The number of amides is 1. The molecule has 1 heterocycles. The van der Waals surface area contributed by atoms with Gasteiger partial charge in [-0.1, -0.05) is 45.1 Å². The molecule has 1 atom stereocenters. The van der Waals surface area contributed by atoms with E-state index in [2.05, 4.69) is 38.1 Å². The number of benzene rings is 1. The molecule has 0 fully saturated rings. The van der Waals surface area contributed by atoms with Crippen LogP contribution in [0.2, 0.25) is 0 Å². The Morgan fingerprint density at radius 1 is 1.22 bits per heavy atom. The first kappa shape index (κ1) is 15.6. The van der Waals surface area contributed by atoms with Gasteiger partial charge in [0.05, 0.1) is 5.69 Å². The zero-order chi connectivity index (χ0) is 16.4. The second kappa shape index (κ2) is 6.45. The van der Waals surface area contributed by atoms with Crippen molar-refractivity contribution in [1.29, 1.82) is 0 Å². The monoisotopic (exact) mass is 309 g/mol. The van der Waals surface area contributed by atoms with Crippen molar-refractivity contribution in [2.24, 2.45) is 5.92 Å². The van der Waals surface area contributed by atoms with Gasteiger partial charge in [0, 0.05) is 6.20 Å². The average Bonchev–Trinajstić information content (AvgIpc) is 2.88. The molecule has 0 bridgehead atoms. The van der Waals surface area contributed by atoms with Gasteiger partial charge in [-0.3, -0.25) is 4.90 Å². The van der Waals surface area contributed by atoms with Gasteiger partial charge in [0.25, 0.3) is 0 Å². The van der Waals surface area contributed by atoms with Crippen molar-refractivity contribution in [2.75, 3.05) is 4.90 Å². The summed E-state index contributed by atoms with van der Waals surface area (Å²) < 4.78 is 5.72. The van der Waals surface area contributed by atoms with Gasteiger partial charge in [-0.15, -0.1) is 0 Å². The van der Waals surface area contributed by atoms with E-state index < -0.39 is 0 Å². The molecule has 1 amide bonds. The standard InChI is InChI=1S/C20H23NO2/c1-4-19(14(2)3)23-20(22)21-11-6-5-8-17-12-15-9-7-10-16(15)13-18(17)21/h5-9,11-14,19H,4,10H2,1-3H3. The summed E-state index contributed by atoms with van der Waals surface area (Å²) in [5, 5.41) is 0. The van der Waals surface area contributed by atoms with Gasteiger partial charge in [0.1, 0.15) is 6.10 Å². The number of carbonyl (C=O) groups is 1. The van der Waals surface area contributed by atoms with Crippen molar-refractivity contribution in [3.8, 4) is 0 Å². The molecule has 1 aliphatic carbocycles.